The van der Waals surface area contributed by atoms with Crippen LogP contribution in [0.15, 0.2) is 54.6 Å². The molecule has 0 radical (unpaired) electrons. The second kappa shape index (κ2) is 10.3. The summed E-state index contributed by atoms with van der Waals surface area (Å²) in [7, 11) is 0. The summed E-state index contributed by atoms with van der Waals surface area (Å²) < 4.78 is 0. The molecule has 0 bridgehead atoms. The predicted octanol–water partition coefficient (Wildman–Crippen LogP) is 3.75. The van der Waals surface area contributed by atoms with Crippen molar-refractivity contribution in [1.82, 2.24) is 14.7 Å². The minimum atomic E-state index is -0.283. The standard InChI is InChI=1S/C24H32N4O2/c1-4-26(5-2)22(20-11-7-6-8-12-20)23(29)27-14-16-28(17-15-27)24(30)25-21-13-9-10-19(3)18-21/h6-13,18,22H,4-5,14-17H2,1-3H3,(H,25,30). The van der Waals surface area contributed by atoms with Gasteiger partial charge >= 0.3 is 6.03 Å². The van der Waals surface area contributed by atoms with Crippen LogP contribution in [0, 0.1) is 6.92 Å². The van der Waals surface area contributed by atoms with Crippen molar-refractivity contribution in [3.05, 3.63) is 65.7 Å². The van der Waals surface area contributed by atoms with Crippen LogP contribution in [0.2, 0.25) is 0 Å². The molecule has 6 nitrogen and oxygen atoms in total. The van der Waals surface area contributed by atoms with Crippen molar-refractivity contribution in [2.45, 2.75) is 26.8 Å². The molecule has 0 spiro atoms. The molecule has 1 aliphatic heterocycles. The number of anilines is 1. The summed E-state index contributed by atoms with van der Waals surface area (Å²) in [4.78, 5) is 31.9. The largest absolute Gasteiger partial charge is 0.337 e. The molecule has 1 atom stereocenters. The Hall–Kier alpha value is -2.86. The van der Waals surface area contributed by atoms with Crippen molar-refractivity contribution in [3.8, 4) is 0 Å². The van der Waals surface area contributed by atoms with E-state index in [0.717, 1.165) is 29.9 Å². The van der Waals surface area contributed by atoms with Crippen LogP contribution >= 0.6 is 0 Å². The number of piperazine rings is 1. The maximum atomic E-state index is 13.4. The van der Waals surface area contributed by atoms with E-state index in [2.05, 4.69) is 24.1 Å². The van der Waals surface area contributed by atoms with Crippen molar-refractivity contribution in [3.63, 3.8) is 0 Å². The summed E-state index contributed by atoms with van der Waals surface area (Å²) >= 11 is 0. The molecule has 6 heteroatoms. The van der Waals surface area contributed by atoms with Gasteiger partial charge in [0, 0.05) is 31.9 Å². The van der Waals surface area contributed by atoms with E-state index in [4.69, 9.17) is 0 Å². The number of hydrogen-bond acceptors (Lipinski definition) is 3. The number of carbonyl (C=O) groups is 2. The maximum Gasteiger partial charge on any atom is 0.321 e. The fourth-order valence-electron chi connectivity index (χ4n) is 3.96. The zero-order valence-corrected chi connectivity index (χ0v) is 18.2. The Morgan fingerprint density at radius 2 is 1.57 bits per heavy atom. The quantitative estimate of drug-likeness (QED) is 0.792. The second-order valence-electron chi connectivity index (χ2n) is 7.65. The zero-order valence-electron chi connectivity index (χ0n) is 18.2. The number of benzene rings is 2. The Balaban J connectivity index is 1.63. The van der Waals surface area contributed by atoms with Gasteiger partial charge < -0.3 is 15.1 Å². The Morgan fingerprint density at radius 1 is 0.933 bits per heavy atom. The van der Waals surface area contributed by atoms with E-state index >= 15 is 0 Å². The van der Waals surface area contributed by atoms with Gasteiger partial charge in [-0.15, -0.1) is 0 Å². The number of urea groups is 1. The molecule has 1 aliphatic rings. The number of nitrogens with zero attached hydrogens (tertiary/aromatic N) is 3. The van der Waals surface area contributed by atoms with Crippen molar-refractivity contribution >= 4 is 17.6 Å². The van der Waals surface area contributed by atoms with Crippen LogP contribution in [0.1, 0.15) is 31.0 Å². The molecule has 0 aliphatic carbocycles. The van der Waals surface area contributed by atoms with E-state index in [0.29, 0.717) is 26.2 Å². The fourth-order valence-corrected chi connectivity index (χ4v) is 3.96. The topological polar surface area (TPSA) is 55.9 Å². The first-order chi connectivity index (χ1) is 14.5. The SMILES string of the molecule is CCN(CC)C(C(=O)N1CCN(C(=O)Nc2cccc(C)c2)CC1)c1ccccc1. The van der Waals surface area contributed by atoms with Crippen molar-refractivity contribution in [1.29, 1.82) is 0 Å². The Morgan fingerprint density at radius 3 is 2.17 bits per heavy atom. The van der Waals surface area contributed by atoms with E-state index in [1.165, 1.54) is 0 Å². The Labute approximate surface area is 179 Å². The summed E-state index contributed by atoms with van der Waals surface area (Å²) in [5.74, 6) is 0.114. The van der Waals surface area contributed by atoms with Gasteiger partial charge in [0.25, 0.3) is 0 Å². The van der Waals surface area contributed by atoms with Gasteiger partial charge in [0.1, 0.15) is 6.04 Å². The van der Waals surface area contributed by atoms with Gasteiger partial charge in [-0.3, -0.25) is 9.69 Å². The highest BCUT2D eigenvalue weighted by atomic mass is 16.2. The van der Waals surface area contributed by atoms with E-state index in [9.17, 15) is 9.59 Å². The number of nitrogens with one attached hydrogen (secondary N) is 1. The van der Waals surface area contributed by atoms with Gasteiger partial charge in [0.15, 0.2) is 0 Å². The number of aryl methyl sites for hydroxylation is 1. The molecule has 1 unspecified atom stereocenters. The molecule has 1 saturated heterocycles. The fraction of sp³-hybridized carbons (Fsp3) is 0.417. The number of hydrogen-bond donors (Lipinski definition) is 1. The van der Waals surface area contributed by atoms with Crippen LogP contribution in [-0.4, -0.2) is 65.9 Å². The molecule has 2 aromatic carbocycles. The van der Waals surface area contributed by atoms with Gasteiger partial charge in [-0.2, -0.15) is 0 Å². The molecule has 1 N–H and O–H groups in total. The van der Waals surface area contributed by atoms with Crippen LogP contribution in [0.4, 0.5) is 10.5 Å². The third-order valence-electron chi connectivity index (χ3n) is 5.67. The monoisotopic (exact) mass is 408 g/mol. The normalized spacial score (nSPS) is 15.2. The van der Waals surface area contributed by atoms with E-state index < -0.39 is 0 Å². The number of rotatable bonds is 6. The van der Waals surface area contributed by atoms with E-state index in [1.54, 1.807) is 4.90 Å². The molecule has 0 saturated carbocycles. The van der Waals surface area contributed by atoms with Crippen molar-refractivity contribution in [2.75, 3.05) is 44.6 Å². The van der Waals surface area contributed by atoms with Crippen LogP contribution < -0.4 is 5.32 Å². The lowest BCUT2D eigenvalue weighted by atomic mass is 10.0. The minimum Gasteiger partial charge on any atom is -0.337 e. The molecule has 3 amide bonds. The molecule has 160 valence electrons. The number of carbonyl (C=O) groups excluding carboxylic acids is 2. The van der Waals surface area contributed by atoms with Crippen molar-refractivity contribution < 1.29 is 9.59 Å². The predicted molar refractivity (Wildman–Crippen MR) is 120 cm³/mol. The van der Waals surface area contributed by atoms with Gasteiger partial charge in [0.05, 0.1) is 0 Å². The molecule has 0 aromatic heterocycles. The average molecular weight is 409 g/mol. The lowest BCUT2D eigenvalue weighted by Gasteiger charge is -2.38. The zero-order chi connectivity index (χ0) is 21.5. The molecule has 3 rings (SSSR count). The van der Waals surface area contributed by atoms with E-state index in [-0.39, 0.29) is 18.0 Å². The average Bonchev–Trinajstić information content (AvgIpc) is 2.77. The third-order valence-corrected chi connectivity index (χ3v) is 5.67. The first-order valence-corrected chi connectivity index (χ1v) is 10.7. The van der Waals surface area contributed by atoms with Gasteiger partial charge in [0.2, 0.25) is 5.91 Å². The van der Waals surface area contributed by atoms with Crippen molar-refractivity contribution in [2.24, 2.45) is 0 Å². The summed E-state index contributed by atoms with van der Waals surface area (Å²) in [6.07, 6.45) is 0. The number of likely N-dealkylation sites (N-methyl/N-ethyl adjacent to an activating group) is 1. The summed E-state index contributed by atoms with van der Waals surface area (Å²) in [5, 5.41) is 2.96. The second-order valence-corrected chi connectivity index (χ2v) is 7.65. The molecule has 1 fully saturated rings. The summed E-state index contributed by atoms with van der Waals surface area (Å²) in [6.45, 7) is 9.93. The molecular weight excluding hydrogens is 376 g/mol. The van der Waals surface area contributed by atoms with Crippen LogP contribution in [0.25, 0.3) is 0 Å². The maximum absolute atomic E-state index is 13.4. The first kappa shape index (κ1) is 21.8. The molecule has 2 aromatic rings. The van der Waals surface area contributed by atoms with Crippen LogP contribution in [0.3, 0.4) is 0 Å². The molecular formula is C24H32N4O2. The smallest absolute Gasteiger partial charge is 0.321 e. The van der Waals surface area contributed by atoms with Gasteiger partial charge in [-0.1, -0.05) is 56.3 Å². The summed E-state index contributed by atoms with van der Waals surface area (Å²) in [6, 6.07) is 17.3. The minimum absolute atomic E-state index is 0.114. The highest BCUT2D eigenvalue weighted by Crippen LogP contribution is 2.24. The summed E-state index contributed by atoms with van der Waals surface area (Å²) in [5.41, 5.74) is 2.92. The Bertz CT molecular complexity index is 843. The third kappa shape index (κ3) is 5.19. The van der Waals surface area contributed by atoms with Crippen LogP contribution in [-0.2, 0) is 4.79 Å². The first-order valence-electron chi connectivity index (χ1n) is 10.7. The van der Waals surface area contributed by atoms with Gasteiger partial charge in [-0.05, 0) is 43.3 Å². The highest BCUT2D eigenvalue weighted by Gasteiger charge is 2.32. The van der Waals surface area contributed by atoms with Crippen LogP contribution in [0.5, 0.6) is 0 Å². The Kier molecular flexibility index (Phi) is 7.46. The number of amides is 3. The lowest BCUT2D eigenvalue weighted by Crippen LogP contribution is -2.54. The van der Waals surface area contributed by atoms with Gasteiger partial charge in [-0.25, -0.2) is 4.79 Å². The lowest BCUT2D eigenvalue weighted by molar-refractivity contribution is -0.138. The highest BCUT2D eigenvalue weighted by molar-refractivity contribution is 5.90. The van der Waals surface area contributed by atoms with E-state index in [1.807, 2.05) is 66.4 Å². The molecule has 1 heterocycles. The molecule has 30 heavy (non-hydrogen) atoms.